The molecule has 1 aromatic heterocycles. The average molecular weight is 239 g/mol. The van der Waals surface area contributed by atoms with Gasteiger partial charge in [-0.1, -0.05) is 24.3 Å². The van der Waals surface area contributed by atoms with Crippen LogP contribution in [-0.2, 0) is 6.42 Å². The van der Waals surface area contributed by atoms with Gasteiger partial charge in [0.2, 0.25) is 0 Å². The van der Waals surface area contributed by atoms with Crippen LogP contribution in [0.2, 0.25) is 0 Å². The first-order chi connectivity index (χ1) is 8.68. The van der Waals surface area contributed by atoms with Gasteiger partial charge in [0, 0.05) is 24.4 Å². The van der Waals surface area contributed by atoms with E-state index in [2.05, 4.69) is 4.98 Å². The van der Waals surface area contributed by atoms with E-state index in [1.165, 1.54) is 5.56 Å². The topological polar surface area (TPSA) is 30.0 Å². The first-order valence-corrected chi connectivity index (χ1v) is 6.17. The molecule has 0 aliphatic rings. The van der Waals surface area contributed by atoms with Crippen molar-refractivity contribution < 1.29 is 4.79 Å². The molecule has 0 amide bonds. The average Bonchev–Trinajstić information content (AvgIpc) is 2.40. The maximum absolute atomic E-state index is 12.2. The van der Waals surface area contributed by atoms with Crippen molar-refractivity contribution in [2.75, 3.05) is 0 Å². The fourth-order valence-corrected chi connectivity index (χ4v) is 1.99. The van der Waals surface area contributed by atoms with Crippen LogP contribution in [0.1, 0.15) is 33.5 Å². The van der Waals surface area contributed by atoms with Gasteiger partial charge in [-0.2, -0.15) is 0 Å². The summed E-state index contributed by atoms with van der Waals surface area (Å²) in [5, 5.41) is 0. The number of pyridine rings is 1. The van der Waals surface area contributed by atoms with E-state index in [1.807, 2.05) is 50.4 Å². The molecule has 0 radical (unpaired) electrons. The number of hydrogen-bond acceptors (Lipinski definition) is 2. The van der Waals surface area contributed by atoms with Gasteiger partial charge >= 0.3 is 0 Å². The van der Waals surface area contributed by atoms with E-state index in [9.17, 15) is 4.79 Å². The van der Waals surface area contributed by atoms with Gasteiger partial charge in [0.15, 0.2) is 5.78 Å². The van der Waals surface area contributed by atoms with E-state index in [1.54, 1.807) is 6.20 Å². The fraction of sp³-hybridized carbons (Fsp3) is 0.250. The predicted octanol–water partition coefficient (Wildman–Crippen LogP) is 3.51. The number of nitrogens with zero attached hydrogens (tertiary/aromatic N) is 1. The highest BCUT2D eigenvalue weighted by Gasteiger charge is 2.10. The molecule has 0 saturated carbocycles. The standard InChI is InChI=1S/C16H17NO/c1-12-5-3-7-15(13(12)2)16(18)9-8-14-6-4-10-17-11-14/h3-7,10-11H,8-9H2,1-2H3. The first-order valence-electron chi connectivity index (χ1n) is 6.17. The minimum atomic E-state index is 0.208. The lowest BCUT2D eigenvalue weighted by atomic mass is 9.97. The second-order valence-electron chi connectivity index (χ2n) is 4.53. The lowest BCUT2D eigenvalue weighted by Crippen LogP contribution is -2.04. The molecule has 1 heterocycles. The van der Waals surface area contributed by atoms with Gasteiger partial charge in [-0.15, -0.1) is 0 Å². The number of ketones is 1. The van der Waals surface area contributed by atoms with Crippen LogP contribution < -0.4 is 0 Å². The Labute approximate surface area is 108 Å². The third-order valence-electron chi connectivity index (χ3n) is 3.27. The van der Waals surface area contributed by atoms with Gasteiger partial charge < -0.3 is 0 Å². The molecule has 0 bridgehead atoms. The molecule has 0 saturated heterocycles. The highest BCUT2D eigenvalue weighted by atomic mass is 16.1. The van der Waals surface area contributed by atoms with Gasteiger partial charge in [-0.25, -0.2) is 0 Å². The van der Waals surface area contributed by atoms with Gasteiger partial charge in [0.1, 0.15) is 0 Å². The van der Waals surface area contributed by atoms with Crippen LogP contribution in [0, 0.1) is 13.8 Å². The van der Waals surface area contributed by atoms with E-state index in [0.29, 0.717) is 6.42 Å². The SMILES string of the molecule is Cc1cccc(C(=O)CCc2cccnc2)c1C. The molecule has 92 valence electrons. The molecule has 2 aromatic rings. The maximum Gasteiger partial charge on any atom is 0.163 e. The molecule has 18 heavy (non-hydrogen) atoms. The zero-order chi connectivity index (χ0) is 13.0. The molecule has 2 nitrogen and oxygen atoms in total. The van der Waals surface area contributed by atoms with Crippen molar-refractivity contribution in [3.63, 3.8) is 0 Å². The van der Waals surface area contributed by atoms with Crippen LogP contribution in [0.15, 0.2) is 42.7 Å². The Kier molecular flexibility index (Phi) is 3.88. The number of carbonyl (C=O) groups is 1. The zero-order valence-corrected chi connectivity index (χ0v) is 10.8. The Bertz CT molecular complexity index is 546. The summed E-state index contributed by atoms with van der Waals surface area (Å²) in [7, 11) is 0. The van der Waals surface area contributed by atoms with Crippen LogP contribution in [-0.4, -0.2) is 10.8 Å². The van der Waals surface area contributed by atoms with E-state index in [0.717, 1.165) is 23.1 Å². The third kappa shape index (κ3) is 2.83. The molecule has 0 aliphatic carbocycles. The molecular formula is C16H17NO. The zero-order valence-electron chi connectivity index (χ0n) is 10.8. The molecule has 0 atom stereocenters. The number of carbonyl (C=O) groups excluding carboxylic acids is 1. The number of benzene rings is 1. The largest absolute Gasteiger partial charge is 0.294 e. The summed E-state index contributed by atoms with van der Waals surface area (Å²) in [5.41, 5.74) is 4.21. The van der Waals surface area contributed by atoms with Crippen molar-refractivity contribution >= 4 is 5.78 Å². The minimum Gasteiger partial charge on any atom is -0.294 e. The summed E-state index contributed by atoms with van der Waals surface area (Å²) in [6.07, 6.45) is 4.85. The Morgan fingerprint density at radius 2 is 2.00 bits per heavy atom. The minimum absolute atomic E-state index is 0.208. The van der Waals surface area contributed by atoms with Crippen LogP contribution in [0.3, 0.4) is 0 Å². The quantitative estimate of drug-likeness (QED) is 0.764. The molecule has 0 fully saturated rings. The molecule has 0 N–H and O–H groups in total. The number of aromatic nitrogens is 1. The van der Waals surface area contributed by atoms with Crippen LogP contribution in [0.5, 0.6) is 0 Å². The van der Waals surface area contributed by atoms with Crippen molar-refractivity contribution in [1.29, 1.82) is 0 Å². The van der Waals surface area contributed by atoms with E-state index >= 15 is 0 Å². The molecule has 2 rings (SSSR count). The second kappa shape index (κ2) is 5.58. The van der Waals surface area contributed by atoms with Gasteiger partial charge in [0.05, 0.1) is 0 Å². The van der Waals surface area contributed by atoms with Crippen molar-refractivity contribution in [1.82, 2.24) is 4.98 Å². The normalized spacial score (nSPS) is 10.3. The highest BCUT2D eigenvalue weighted by molar-refractivity contribution is 5.97. The number of hydrogen-bond donors (Lipinski definition) is 0. The lowest BCUT2D eigenvalue weighted by Gasteiger charge is -2.07. The van der Waals surface area contributed by atoms with Crippen LogP contribution in [0.4, 0.5) is 0 Å². The number of Topliss-reactive ketones (excluding diaryl/α,β-unsaturated/α-hetero) is 1. The monoisotopic (exact) mass is 239 g/mol. The Balaban J connectivity index is 2.07. The predicted molar refractivity (Wildman–Crippen MR) is 72.8 cm³/mol. The van der Waals surface area contributed by atoms with E-state index in [4.69, 9.17) is 0 Å². The highest BCUT2D eigenvalue weighted by Crippen LogP contribution is 2.15. The molecule has 2 heteroatoms. The summed E-state index contributed by atoms with van der Waals surface area (Å²) in [5.74, 6) is 0.208. The maximum atomic E-state index is 12.2. The van der Waals surface area contributed by atoms with Crippen LogP contribution >= 0.6 is 0 Å². The Morgan fingerprint density at radius 1 is 1.17 bits per heavy atom. The van der Waals surface area contributed by atoms with E-state index in [-0.39, 0.29) is 5.78 Å². The summed E-state index contributed by atoms with van der Waals surface area (Å²) >= 11 is 0. The van der Waals surface area contributed by atoms with Crippen molar-refractivity contribution in [3.05, 3.63) is 65.0 Å². The Hall–Kier alpha value is -1.96. The third-order valence-corrected chi connectivity index (χ3v) is 3.27. The molecule has 0 unspecified atom stereocenters. The molecule has 1 aromatic carbocycles. The summed E-state index contributed by atoms with van der Waals surface area (Å²) in [6.45, 7) is 4.04. The van der Waals surface area contributed by atoms with Crippen molar-refractivity contribution in [3.8, 4) is 0 Å². The van der Waals surface area contributed by atoms with Gasteiger partial charge in [-0.3, -0.25) is 9.78 Å². The van der Waals surface area contributed by atoms with Crippen LogP contribution in [0.25, 0.3) is 0 Å². The van der Waals surface area contributed by atoms with Gasteiger partial charge in [-0.05, 0) is 43.0 Å². The summed E-state index contributed by atoms with van der Waals surface area (Å²) in [6, 6.07) is 9.79. The van der Waals surface area contributed by atoms with E-state index < -0.39 is 0 Å². The van der Waals surface area contributed by atoms with Crippen molar-refractivity contribution in [2.24, 2.45) is 0 Å². The lowest BCUT2D eigenvalue weighted by molar-refractivity contribution is 0.0982. The number of aryl methyl sites for hydroxylation is 2. The molecular weight excluding hydrogens is 222 g/mol. The smallest absolute Gasteiger partial charge is 0.163 e. The number of rotatable bonds is 4. The molecule has 0 aliphatic heterocycles. The first kappa shape index (κ1) is 12.5. The van der Waals surface area contributed by atoms with Gasteiger partial charge in [0.25, 0.3) is 0 Å². The summed E-state index contributed by atoms with van der Waals surface area (Å²) < 4.78 is 0. The summed E-state index contributed by atoms with van der Waals surface area (Å²) in [4.78, 5) is 16.2. The van der Waals surface area contributed by atoms with Crippen molar-refractivity contribution in [2.45, 2.75) is 26.7 Å². The molecule has 0 spiro atoms. The second-order valence-corrected chi connectivity index (χ2v) is 4.53. The Morgan fingerprint density at radius 3 is 2.72 bits per heavy atom. The fourth-order valence-electron chi connectivity index (χ4n) is 1.99.